The molecule has 0 radical (unpaired) electrons. The Kier molecular flexibility index (Phi) is 5.46. The van der Waals surface area contributed by atoms with Crippen LogP contribution in [-0.2, 0) is 13.6 Å². The van der Waals surface area contributed by atoms with E-state index < -0.39 is 0 Å². The third kappa shape index (κ3) is 3.99. The Morgan fingerprint density at radius 1 is 1.31 bits per heavy atom. The first-order chi connectivity index (χ1) is 12.5. The fraction of sp³-hybridized carbons (Fsp3) is 0.421. The van der Waals surface area contributed by atoms with Crippen LogP contribution in [0.2, 0.25) is 0 Å². The van der Waals surface area contributed by atoms with E-state index in [1.807, 2.05) is 6.07 Å². The van der Waals surface area contributed by atoms with E-state index in [0.29, 0.717) is 18.7 Å². The van der Waals surface area contributed by atoms with Gasteiger partial charge in [-0.2, -0.15) is 5.10 Å². The van der Waals surface area contributed by atoms with Gasteiger partial charge in [-0.05, 0) is 31.5 Å². The van der Waals surface area contributed by atoms with Crippen LogP contribution in [0.4, 0.5) is 4.39 Å². The summed E-state index contributed by atoms with van der Waals surface area (Å²) in [6, 6.07) is 9.62. The molecule has 2 aromatic rings. The molecule has 1 aliphatic heterocycles. The molecule has 26 heavy (non-hydrogen) atoms. The summed E-state index contributed by atoms with van der Waals surface area (Å²) < 4.78 is 15.1. The fourth-order valence-electron chi connectivity index (χ4n) is 3.32. The topological polar surface area (TPSA) is 58.4 Å². The van der Waals surface area contributed by atoms with E-state index in [-0.39, 0.29) is 29.0 Å². The highest BCUT2D eigenvalue weighted by Crippen LogP contribution is 2.19. The van der Waals surface area contributed by atoms with Crippen molar-refractivity contribution in [2.75, 3.05) is 20.1 Å². The van der Waals surface area contributed by atoms with Gasteiger partial charge in [-0.1, -0.05) is 18.2 Å². The summed E-state index contributed by atoms with van der Waals surface area (Å²) in [6.07, 6.45) is 1.83. The largest absolute Gasteiger partial charge is 0.336 e. The number of benzene rings is 1. The number of carbonyl (C=O) groups excluding carboxylic acids is 1. The molecule has 1 aromatic heterocycles. The lowest BCUT2D eigenvalue weighted by molar-refractivity contribution is 0.0600. The predicted octanol–water partition coefficient (Wildman–Crippen LogP) is 1.66. The average Bonchev–Trinajstić information content (AvgIpc) is 2.65. The van der Waals surface area contributed by atoms with Crippen LogP contribution in [0.25, 0.3) is 0 Å². The quantitative estimate of drug-likeness (QED) is 0.834. The van der Waals surface area contributed by atoms with Gasteiger partial charge in [-0.3, -0.25) is 14.5 Å². The van der Waals surface area contributed by atoms with E-state index in [1.54, 1.807) is 24.1 Å². The first kappa shape index (κ1) is 18.3. The minimum absolute atomic E-state index is 0.0297. The molecule has 0 bridgehead atoms. The maximum absolute atomic E-state index is 13.9. The highest BCUT2D eigenvalue weighted by atomic mass is 19.1. The summed E-state index contributed by atoms with van der Waals surface area (Å²) in [4.78, 5) is 28.0. The SMILES string of the molecule is CN(C(=O)c1ccc(=O)n(C)n1)C1CCCN(Cc2ccccc2F)C1. The lowest BCUT2D eigenvalue weighted by Gasteiger charge is -2.37. The molecule has 1 atom stereocenters. The van der Waals surface area contributed by atoms with E-state index in [9.17, 15) is 14.0 Å². The Balaban J connectivity index is 1.68. The van der Waals surface area contributed by atoms with E-state index in [1.165, 1.54) is 25.2 Å². The summed E-state index contributed by atoms with van der Waals surface area (Å²) >= 11 is 0. The Morgan fingerprint density at radius 2 is 2.08 bits per heavy atom. The maximum atomic E-state index is 13.9. The van der Waals surface area contributed by atoms with Crippen molar-refractivity contribution in [2.24, 2.45) is 7.05 Å². The minimum Gasteiger partial charge on any atom is -0.336 e. The third-order valence-electron chi connectivity index (χ3n) is 4.88. The van der Waals surface area contributed by atoms with Crippen LogP contribution in [0.3, 0.4) is 0 Å². The van der Waals surface area contributed by atoms with Crippen LogP contribution < -0.4 is 5.56 Å². The lowest BCUT2D eigenvalue weighted by Crippen LogP contribution is -2.48. The number of aromatic nitrogens is 2. The Labute approximate surface area is 151 Å². The van der Waals surface area contributed by atoms with E-state index in [4.69, 9.17) is 0 Å². The van der Waals surface area contributed by atoms with Gasteiger partial charge in [0, 0.05) is 44.9 Å². The molecule has 0 saturated carbocycles. The van der Waals surface area contributed by atoms with E-state index in [2.05, 4.69) is 10.00 Å². The van der Waals surface area contributed by atoms with Crippen LogP contribution in [-0.4, -0.2) is 51.7 Å². The first-order valence-corrected chi connectivity index (χ1v) is 8.73. The van der Waals surface area contributed by atoms with E-state index in [0.717, 1.165) is 24.1 Å². The van der Waals surface area contributed by atoms with Crippen molar-refractivity contribution >= 4 is 5.91 Å². The number of piperidine rings is 1. The number of likely N-dealkylation sites (N-methyl/N-ethyl adjacent to an activating group) is 1. The number of hydrogen-bond acceptors (Lipinski definition) is 4. The standard InChI is InChI=1S/C19H23FN4O2/c1-22(19(26)17-9-10-18(25)23(2)21-17)15-7-5-11-24(13-15)12-14-6-3-4-8-16(14)20/h3-4,6,8-10,15H,5,7,11-13H2,1-2H3. The smallest absolute Gasteiger partial charge is 0.274 e. The molecule has 7 heteroatoms. The molecule has 3 rings (SSSR count). The summed E-state index contributed by atoms with van der Waals surface area (Å²) in [5, 5.41) is 4.04. The van der Waals surface area contributed by atoms with Crippen LogP contribution >= 0.6 is 0 Å². The number of halogens is 1. The number of aryl methyl sites for hydroxylation is 1. The maximum Gasteiger partial charge on any atom is 0.274 e. The number of likely N-dealkylation sites (tertiary alicyclic amines) is 1. The Bertz CT molecular complexity index is 851. The van der Waals surface area contributed by atoms with Gasteiger partial charge in [0.2, 0.25) is 0 Å². The predicted molar refractivity (Wildman–Crippen MR) is 96.3 cm³/mol. The summed E-state index contributed by atoms with van der Waals surface area (Å²) in [5.74, 6) is -0.410. The number of amides is 1. The van der Waals surface area contributed by atoms with Crippen molar-refractivity contribution in [1.29, 1.82) is 0 Å². The highest BCUT2D eigenvalue weighted by molar-refractivity contribution is 5.92. The molecule has 1 saturated heterocycles. The molecule has 138 valence electrons. The zero-order chi connectivity index (χ0) is 18.7. The molecule has 6 nitrogen and oxygen atoms in total. The summed E-state index contributed by atoms with van der Waals surface area (Å²) in [5.41, 5.74) is 0.667. The van der Waals surface area contributed by atoms with Crippen molar-refractivity contribution in [1.82, 2.24) is 19.6 Å². The molecule has 0 aliphatic carbocycles. The van der Waals surface area contributed by atoms with Crippen molar-refractivity contribution in [3.8, 4) is 0 Å². The van der Waals surface area contributed by atoms with Gasteiger partial charge in [0.05, 0.1) is 0 Å². The third-order valence-corrected chi connectivity index (χ3v) is 4.88. The van der Waals surface area contributed by atoms with Crippen LogP contribution in [0.15, 0.2) is 41.2 Å². The van der Waals surface area contributed by atoms with Gasteiger partial charge in [0.1, 0.15) is 11.5 Å². The van der Waals surface area contributed by atoms with Gasteiger partial charge in [-0.15, -0.1) is 0 Å². The van der Waals surface area contributed by atoms with Crippen molar-refractivity contribution in [3.63, 3.8) is 0 Å². The number of nitrogens with zero attached hydrogens (tertiary/aromatic N) is 4. The van der Waals surface area contributed by atoms with Gasteiger partial charge >= 0.3 is 0 Å². The zero-order valence-electron chi connectivity index (χ0n) is 15.1. The van der Waals surface area contributed by atoms with Gasteiger partial charge in [0.25, 0.3) is 11.5 Å². The number of carbonyl (C=O) groups is 1. The molecule has 1 aromatic carbocycles. The normalized spacial score (nSPS) is 17.9. The second kappa shape index (κ2) is 7.78. The molecule has 1 amide bonds. The van der Waals surface area contributed by atoms with Crippen molar-refractivity contribution in [2.45, 2.75) is 25.4 Å². The molecule has 1 fully saturated rings. The Morgan fingerprint density at radius 3 is 2.81 bits per heavy atom. The van der Waals surface area contributed by atoms with Crippen LogP contribution in [0.5, 0.6) is 0 Å². The second-order valence-electron chi connectivity index (χ2n) is 6.72. The fourth-order valence-corrected chi connectivity index (χ4v) is 3.32. The molecule has 0 N–H and O–H groups in total. The first-order valence-electron chi connectivity index (χ1n) is 8.73. The second-order valence-corrected chi connectivity index (χ2v) is 6.72. The van der Waals surface area contributed by atoms with Crippen molar-refractivity contribution in [3.05, 3.63) is 63.8 Å². The van der Waals surface area contributed by atoms with Gasteiger partial charge in [0.15, 0.2) is 0 Å². The number of hydrogen-bond donors (Lipinski definition) is 0. The summed E-state index contributed by atoms with van der Waals surface area (Å²) in [7, 11) is 3.28. The van der Waals surface area contributed by atoms with Crippen LogP contribution in [0.1, 0.15) is 28.9 Å². The van der Waals surface area contributed by atoms with Crippen molar-refractivity contribution < 1.29 is 9.18 Å². The zero-order valence-corrected chi connectivity index (χ0v) is 15.1. The van der Waals surface area contributed by atoms with E-state index >= 15 is 0 Å². The van der Waals surface area contributed by atoms with Gasteiger partial charge < -0.3 is 4.90 Å². The lowest BCUT2D eigenvalue weighted by atomic mass is 10.0. The molecular formula is C19H23FN4O2. The molecule has 2 heterocycles. The molecule has 1 unspecified atom stereocenters. The minimum atomic E-state index is -0.252. The Hall–Kier alpha value is -2.54. The van der Waals surface area contributed by atoms with Gasteiger partial charge in [-0.25, -0.2) is 9.07 Å². The average molecular weight is 358 g/mol. The number of rotatable bonds is 4. The summed E-state index contributed by atoms with van der Waals surface area (Å²) in [6.45, 7) is 2.09. The molecule has 0 spiro atoms. The monoisotopic (exact) mass is 358 g/mol. The molecule has 1 aliphatic rings. The highest BCUT2D eigenvalue weighted by Gasteiger charge is 2.27. The molecular weight excluding hydrogens is 335 g/mol. The van der Waals surface area contributed by atoms with Crippen LogP contribution in [0, 0.1) is 5.82 Å².